The predicted octanol–water partition coefficient (Wildman–Crippen LogP) is 3.60. The van der Waals surface area contributed by atoms with E-state index in [1.165, 1.54) is 18.2 Å². The summed E-state index contributed by atoms with van der Waals surface area (Å²) in [4.78, 5) is 21.3. The molecular weight excluding hydrogens is 435 g/mol. The van der Waals surface area contributed by atoms with E-state index in [9.17, 15) is 9.18 Å². The molecule has 1 amide bonds. The number of nitrogens with one attached hydrogen (secondary N) is 2. The predicted molar refractivity (Wildman–Crippen MR) is 120 cm³/mol. The van der Waals surface area contributed by atoms with Gasteiger partial charge in [0, 0.05) is 25.8 Å². The molecular formula is C22H20ClFN6O2. The Morgan fingerprint density at radius 2 is 2.00 bits per heavy atom. The molecule has 0 aliphatic rings. The number of hydrogen-bond acceptors (Lipinski definition) is 6. The molecule has 8 nitrogen and oxygen atoms in total. The van der Waals surface area contributed by atoms with Gasteiger partial charge in [0.05, 0.1) is 22.3 Å². The standard InChI is InChI=1S/C22H20ClFN6O2/c1-32-13-19-28-20(25-9-10-26-22(31)14-5-4-6-15(24)11-14)16-12-27-30(21(16)29-19)18-8-3-2-7-17(18)23/h2-8,11-12H,9-10,13H2,1H3,(H,26,31)(H,25,28,29). The fraction of sp³-hybridized carbons (Fsp3) is 0.182. The molecule has 0 unspecified atom stereocenters. The summed E-state index contributed by atoms with van der Waals surface area (Å²) in [6, 6.07) is 12.9. The van der Waals surface area contributed by atoms with Gasteiger partial charge in [0.25, 0.3) is 5.91 Å². The Morgan fingerprint density at radius 1 is 1.16 bits per heavy atom. The Bertz CT molecular complexity index is 1260. The van der Waals surface area contributed by atoms with Gasteiger partial charge in [-0.05, 0) is 30.3 Å². The highest BCUT2D eigenvalue weighted by molar-refractivity contribution is 6.32. The van der Waals surface area contributed by atoms with E-state index in [4.69, 9.17) is 16.3 Å². The van der Waals surface area contributed by atoms with Gasteiger partial charge in [0.15, 0.2) is 11.5 Å². The van der Waals surface area contributed by atoms with Crippen LogP contribution in [0.15, 0.2) is 54.7 Å². The summed E-state index contributed by atoms with van der Waals surface area (Å²) < 4.78 is 20.1. The molecule has 0 radical (unpaired) electrons. The molecule has 4 aromatic rings. The van der Waals surface area contributed by atoms with E-state index in [-0.39, 0.29) is 18.1 Å². The molecule has 2 heterocycles. The molecule has 4 rings (SSSR count). The van der Waals surface area contributed by atoms with E-state index in [1.807, 2.05) is 18.2 Å². The van der Waals surface area contributed by atoms with Gasteiger partial charge in [-0.1, -0.05) is 29.8 Å². The molecule has 164 valence electrons. The van der Waals surface area contributed by atoms with Gasteiger partial charge >= 0.3 is 0 Å². The normalized spacial score (nSPS) is 11.0. The van der Waals surface area contributed by atoms with Gasteiger partial charge in [0.2, 0.25) is 0 Å². The summed E-state index contributed by atoms with van der Waals surface area (Å²) in [5, 5.41) is 11.6. The van der Waals surface area contributed by atoms with E-state index < -0.39 is 5.82 Å². The number of halogens is 2. The number of rotatable bonds is 8. The van der Waals surface area contributed by atoms with Crippen LogP contribution < -0.4 is 10.6 Å². The van der Waals surface area contributed by atoms with Gasteiger partial charge in [-0.15, -0.1) is 0 Å². The average Bonchev–Trinajstić information content (AvgIpc) is 3.21. The number of nitrogens with zero attached hydrogens (tertiary/aromatic N) is 4. The quantitative estimate of drug-likeness (QED) is 0.395. The fourth-order valence-corrected chi connectivity index (χ4v) is 3.39. The first-order valence-electron chi connectivity index (χ1n) is 9.83. The molecule has 32 heavy (non-hydrogen) atoms. The monoisotopic (exact) mass is 454 g/mol. The SMILES string of the molecule is COCc1nc(NCCNC(=O)c2cccc(F)c2)c2cnn(-c3ccccc3Cl)c2n1. The first-order valence-corrected chi connectivity index (χ1v) is 10.2. The van der Waals surface area contributed by atoms with Crippen LogP contribution in [0.2, 0.25) is 5.02 Å². The molecule has 0 saturated heterocycles. The van der Waals surface area contributed by atoms with E-state index >= 15 is 0 Å². The minimum absolute atomic E-state index is 0.217. The largest absolute Gasteiger partial charge is 0.377 e. The highest BCUT2D eigenvalue weighted by Crippen LogP contribution is 2.26. The van der Waals surface area contributed by atoms with Crippen LogP contribution in [0, 0.1) is 5.82 Å². The molecule has 0 aliphatic carbocycles. The van der Waals surface area contributed by atoms with Crippen LogP contribution in [0.25, 0.3) is 16.7 Å². The van der Waals surface area contributed by atoms with Crippen LogP contribution in [-0.4, -0.2) is 45.9 Å². The first-order chi connectivity index (χ1) is 15.6. The van der Waals surface area contributed by atoms with Gasteiger partial charge < -0.3 is 15.4 Å². The van der Waals surface area contributed by atoms with Crippen LogP contribution in [0.3, 0.4) is 0 Å². The number of hydrogen-bond donors (Lipinski definition) is 2. The number of carbonyl (C=O) groups is 1. The summed E-state index contributed by atoms with van der Waals surface area (Å²) in [5.41, 5.74) is 1.53. The number of amides is 1. The van der Waals surface area contributed by atoms with Crippen LogP contribution in [0.5, 0.6) is 0 Å². The molecule has 2 N–H and O–H groups in total. The molecule has 0 fully saturated rings. The van der Waals surface area contributed by atoms with Gasteiger partial charge in [-0.3, -0.25) is 4.79 Å². The zero-order valence-corrected chi connectivity index (χ0v) is 17.9. The maximum absolute atomic E-state index is 13.3. The van der Waals surface area contributed by atoms with Crippen molar-refractivity contribution in [3.8, 4) is 5.69 Å². The number of ether oxygens (including phenoxy) is 1. The van der Waals surface area contributed by atoms with Crippen LogP contribution in [0.4, 0.5) is 10.2 Å². The fourth-order valence-electron chi connectivity index (χ4n) is 3.17. The molecule has 0 saturated carbocycles. The summed E-state index contributed by atoms with van der Waals surface area (Å²) in [6.07, 6.45) is 1.66. The maximum atomic E-state index is 13.3. The van der Waals surface area contributed by atoms with Crippen molar-refractivity contribution < 1.29 is 13.9 Å². The van der Waals surface area contributed by atoms with E-state index in [1.54, 1.807) is 30.1 Å². The molecule has 0 aliphatic heterocycles. The van der Waals surface area contributed by atoms with Gasteiger partial charge in [-0.2, -0.15) is 5.10 Å². The average molecular weight is 455 g/mol. The zero-order chi connectivity index (χ0) is 22.5. The van der Waals surface area contributed by atoms with Crippen molar-refractivity contribution in [1.29, 1.82) is 0 Å². The Morgan fingerprint density at radius 3 is 2.78 bits per heavy atom. The summed E-state index contributed by atoms with van der Waals surface area (Å²) >= 11 is 6.34. The van der Waals surface area contributed by atoms with Crippen molar-refractivity contribution in [3.63, 3.8) is 0 Å². The van der Waals surface area contributed by atoms with Crippen LogP contribution in [0.1, 0.15) is 16.2 Å². The van der Waals surface area contributed by atoms with Crippen molar-refractivity contribution >= 4 is 34.4 Å². The van der Waals surface area contributed by atoms with Crippen molar-refractivity contribution in [2.24, 2.45) is 0 Å². The topological polar surface area (TPSA) is 94.0 Å². The van der Waals surface area contributed by atoms with E-state index in [0.29, 0.717) is 46.5 Å². The highest BCUT2D eigenvalue weighted by Gasteiger charge is 2.15. The molecule has 0 spiro atoms. The first kappa shape index (κ1) is 21.7. The zero-order valence-electron chi connectivity index (χ0n) is 17.2. The highest BCUT2D eigenvalue weighted by atomic mass is 35.5. The lowest BCUT2D eigenvalue weighted by Gasteiger charge is -2.11. The van der Waals surface area contributed by atoms with Crippen molar-refractivity contribution in [1.82, 2.24) is 25.1 Å². The van der Waals surface area contributed by atoms with Gasteiger partial charge in [0.1, 0.15) is 18.2 Å². The minimum Gasteiger partial charge on any atom is -0.377 e. The summed E-state index contributed by atoms with van der Waals surface area (Å²) in [5.74, 6) is 0.214. The second-order valence-electron chi connectivity index (χ2n) is 6.86. The molecule has 0 atom stereocenters. The molecule has 2 aromatic carbocycles. The smallest absolute Gasteiger partial charge is 0.251 e. The number of methoxy groups -OCH3 is 1. The molecule has 2 aromatic heterocycles. The number of para-hydroxylation sites is 1. The second-order valence-corrected chi connectivity index (χ2v) is 7.27. The van der Waals surface area contributed by atoms with Crippen LogP contribution in [-0.2, 0) is 11.3 Å². The summed E-state index contributed by atoms with van der Waals surface area (Å²) in [6.45, 7) is 0.907. The van der Waals surface area contributed by atoms with E-state index in [2.05, 4.69) is 25.7 Å². The number of anilines is 1. The Kier molecular flexibility index (Phi) is 6.58. The number of carbonyl (C=O) groups excluding carboxylic acids is 1. The van der Waals surface area contributed by atoms with Crippen molar-refractivity contribution in [2.75, 3.05) is 25.5 Å². The molecule has 0 bridgehead atoms. The van der Waals surface area contributed by atoms with Crippen molar-refractivity contribution in [3.05, 3.63) is 77.0 Å². The van der Waals surface area contributed by atoms with Crippen LogP contribution >= 0.6 is 11.6 Å². The summed E-state index contributed by atoms with van der Waals surface area (Å²) in [7, 11) is 1.56. The lowest BCUT2D eigenvalue weighted by molar-refractivity contribution is 0.0954. The Labute approximate surface area is 188 Å². The second kappa shape index (κ2) is 9.71. The maximum Gasteiger partial charge on any atom is 0.251 e. The number of aromatic nitrogens is 4. The third kappa shape index (κ3) is 4.68. The van der Waals surface area contributed by atoms with Gasteiger partial charge in [-0.25, -0.2) is 19.0 Å². The lowest BCUT2D eigenvalue weighted by Crippen LogP contribution is -2.29. The van der Waals surface area contributed by atoms with E-state index in [0.717, 1.165) is 0 Å². The minimum atomic E-state index is -0.458. The lowest BCUT2D eigenvalue weighted by atomic mass is 10.2. The number of fused-ring (bicyclic) bond motifs is 1. The Balaban J connectivity index is 1.53. The Hall–Kier alpha value is -3.56. The van der Waals surface area contributed by atoms with Crippen molar-refractivity contribution in [2.45, 2.75) is 6.61 Å². The molecule has 10 heteroatoms. The third-order valence-corrected chi connectivity index (χ3v) is 4.94. The number of benzene rings is 2. The third-order valence-electron chi connectivity index (χ3n) is 4.62.